The Morgan fingerprint density at radius 2 is 1.75 bits per heavy atom. The number of carbonyl (C=O) groups is 1. The van der Waals surface area contributed by atoms with E-state index in [0.29, 0.717) is 23.7 Å². The number of amides is 1. The molecule has 0 unspecified atom stereocenters. The summed E-state index contributed by atoms with van der Waals surface area (Å²) in [6.07, 6.45) is 5.75. The lowest BCUT2D eigenvalue weighted by atomic mass is 10.1. The zero-order chi connectivity index (χ0) is 19.7. The zero-order valence-corrected chi connectivity index (χ0v) is 16.9. The molecule has 2 aromatic heterocycles. The summed E-state index contributed by atoms with van der Waals surface area (Å²) in [6.45, 7) is 7.02. The van der Waals surface area contributed by atoms with Gasteiger partial charge in [0.1, 0.15) is 5.82 Å². The average molecular weight is 395 g/mol. The van der Waals surface area contributed by atoms with E-state index in [4.69, 9.17) is 11.6 Å². The lowest BCUT2D eigenvalue weighted by Gasteiger charge is -2.36. The van der Waals surface area contributed by atoms with Gasteiger partial charge in [-0.05, 0) is 55.3 Å². The quantitative estimate of drug-likeness (QED) is 0.671. The number of rotatable bonds is 3. The van der Waals surface area contributed by atoms with Crippen molar-refractivity contribution in [2.45, 2.75) is 13.8 Å². The smallest absolute Gasteiger partial charge is 0.256 e. The number of hydrogen-bond acceptors (Lipinski definition) is 3. The monoisotopic (exact) mass is 394 g/mol. The van der Waals surface area contributed by atoms with Crippen LogP contribution >= 0.6 is 11.6 Å². The highest BCUT2D eigenvalue weighted by molar-refractivity contribution is 6.31. The van der Waals surface area contributed by atoms with Crippen LogP contribution in [0.5, 0.6) is 0 Å². The van der Waals surface area contributed by atoms with Crippen LogP contribution in [0.2, 0.25) is 5.02 Å². The van der Waals surface area contributed by atoms with Crippen molar-refractivity contribution in [1.82, 2.24) is 14.5 Å². The molecule has 5 nitrogen and oxygen atoms in total. The predicted molar refractivity (Wildman–Crippen MR) is 113 cm³/mol. The van der Waals surface area contributed by atoms with E-state index in [9.17, 15) is 4.79 Å². The van der Waals surface area contributed by atoms with Crippen LogP contribution in [-0.4, -0.2) is 46.5 Å². The van der Waals surface area contributed by atoms with Crippen molar-refractivity contribution >= 4 is 23.3 Å². The van der Waals surface area contributed by atoms with Gasteiger partial charge in [-0.25, -0.2) is 4.98 Å². The summed E-state index contributed by atoms with van der Waals surface area (Å²) in [6, 6.07) is 11.5. The molecule has 1 aromatic carbocycles. The van der Waals surface area contributed by atoms with Gasteiger partial charge in [0.05, 0.1) is 11.3 Å². The number of carbonyl (C=O) groups excluding carboxylic acids is 1. The standard InChI is InChI=1S/C22H23ClN4O/c1-16-13-17(2)21(24-15-16)26-9-11-27(12-10-26)22(28)19-6-5-18(23)14-20(19)25-7-3-4-8-25/h3-8,13-15H,9-12H2,1-2H3. The Morgan fingerprint density at radius 1 is 1.04 bits per heavy atom. The number of anilines is 1. The Kier molecular flexibility index (Phi) is 5.09. The van der Waals surface area contributed by atoms with Crippen molar-refractivity contribution in [3.63, 3.8) is 0 Å². The summed E-state index contributed by atoms with van der Waals surface area (Å²) in [4.78, 5) is 22.0. The van der Waals surface area contributed by atoms with Crippen molar-refractivity contribution in [1.29, 1.82) is 0 Å². The van der Waals surface area contributed by atoms with Gasteiger partial charge in [0, 0.05) is 49.8 Å². The molecule has 1 aliphatic heterocycles. The maximum absolute atomic E-state index is 13.2. The van der Waals surface area contributed by atoms with Gasteiger partial charge in [-0.2, -0.15) is 0 Å². The predicted octanol–water partition coefficient (Wildman–Crippen LogP) is 4.10. The lowest BCUT2D eigenvalue weighted by molar-refractivity contribution is 0.0746. The second-order valence-corrected chi connectivity index (χ2v) is 7.62. The molecule has 28 heavy (non-hydrogen) atoms. The van der Waals surface area contributed by atoms with E-state index < -0.39 is 0 Å². The van der Waals surface area contributed by atoms with Crippen LogP contribution < -0.4 is 4.90 Å². The molecule has 0 radical (unpaired) electrons. The highest BCUT2D eigenvalue weighted by atomic mass is 35.5. The summed E-state index contributed by atoms with van der Waals surface area (Å²) in [5.41, 5.74) is 3.81. The van der Waals surface area contributed by atoms with Crippen LogP contribution in [0.3, 0.4) is 0 Å². The number of halogens is 1. The van der Waals surface area contributed by atoms with Gasteiger partial charge >= 0.3 is 0 Å². The third kappa shape index (κ3) is 3.62. The minimum atomic E-state index is 0.0357. The number of pyridine rings is 1. The fourth-order valence-corrected chi connectivity index (χ4v) is 3.89. The highest BCUT2D eigenvalue weighted by Gasteiger charge is 2.25. The molecular weight excluding hydrogens is 372 g/mol. The van der Waals surface area contributed by atoms with Crippen molar-refractivity contribution in [2.24, 2.45) is 0 Å². The largest absolute Gasteiger partial charge is 0.353 e. The van der Waals surface area contributed by atoms with Crippen molar-refractivity contribution in [3.05, 3.63) is 76.7 Å². The SMILES string of the molecule is Cc1cnc(N2CCN(C(=O)c3ccc(Cl)cc3-n3cccc3)CC2)c(C)c1. The number of aryl methyl sites for hydroxylation is 2. The van der Waals surface area contributed by atoms with E-state index in [1.165, 1.54) is 5.56 Å². The molecule has 1 saturated heterocycles. The Labute approximate surface area is 170 Å². The minimum absolute atomic E-state index is 0.0357. The van der Waals surface area contributed by atoms with Crippen LogP contribution in [0, 0.1) is 13.8 Å². The maximum atomic E-state index is 13.2. The summed E-state index contributed by atoms with van der Waals surface area (Å²) in [5, 5.41) is 0.617. The third-order valence-corrected chi connectivity index (χ3v) is 5.36. The number of hydrogen-bond donors (Lipinski definition) is 0. The van der Waals surface area contributed by atoms with Crippen LogP contribution in [-0.2, 0) is 0 Å². The first kappa shape index (κ1) is 18.6. The lowest BCUT2D eigenvalue weighted by Crippen LogP contribution is -2.49. The molecule has 1 amide bonds. The van der Waals surface area contributed by atoms with E-state index in [0.717, 1.165) is 30.2 Å². The number of nitrogens with zero attached hydrogens (tertiary/aromatic N) is 4. The maximum Gasteiger partial charge on any atom is 0.256 e. The number of piperazine rings is 1. The first-order valence-corrected chi connectivity index (χ1v) is 9.81. The first-order chi connectivity index (χ1) is 13.5. The summed E-state index contributed by atoms with van der Waals surface area (Å²) in [7, 11) is 0. The van der Waals surface area contributed by atoms with E-state index in [-0.39, 0.29) is 5.91 Å². The summed E-state index contributed by atoms with van der Waals surface area (Å²) >= 11 is 6.19. The highest BCUT2D eigenvalue weighted by Crippen LogP contribution is 2.24. The topological polar surface area (TPSA) is 41.4 Å². The van der Waals surface area contributed by atoms with Gasteiger partial charge < -0.3 is 14.4 Å². The Hall–Kier alpha value is -2.79. The van der Waals surface area contributed by atoms with Crippen molar-refractivity contribution < 1.29 is 4.79 Å². The number of aromatic nitrogens is 2. The normalized spacial score (nSPS) is 14.4. The molecule has 0 atom stereocenters. The summed E-state index contributed by atoms with van der Waals surface area (Å²) in [5.74, 6) is 1.05. The molecule has 144 valence electrons. The molecule has 6 heteroatoms. The molecule has 1 aliphatic rings. The fraction of sp³-hybridized carbons (Fsp3) is 0.273. The van der Waals surface area contributed by atoms with E-state index >= 15 is 0 Å². The van der Waals surface area contributed by atoms with Gasteiger partial charge in [-0.1, -0.05) is 17.7 Å². The van der Waals surface area contributed by atoms with Crippen molar-refractivity contribution in [2.75, 3.05) is 31.1 Å². The number of benzene rings is 1. The van der Waals surface area contributed by atoms with E-state index in [1.54, 1.807) is 6.07 Å². The second-order valence-electron chi connectivity index (χ2n) is 7.18. The Bertz CT molecular complexity index is 992. The average Bonchev–Trinajstić information content (AvgIpc) is 3.22. The van der Waals surface area contributed by atoms with Gasteiger partial charge in [-0.15, -0.1) is 0 Å². The molecule has 1 fully saturated rings. The van der Waals surface area contributed by atoms with Gasteiger partial charge in [0.25, 0.3) is 5.91 Å². The van der Waals surface area contributed by atoms with E-state index in [1.807, 2.05) is 52.3 Å². The Balaban J connectivity index is 1.52. The second kappa shape index (κ2) is 7.68. The first-order valence-electron chi connectivity index (χ1n) is 9.43. The molecule has 0 aliphatic carbocycles. The van der Waals surface area contributed by atoms with Crippen LogP contribution in [0.1, 0.15) is 21.5 Å². The molecule has 4 rings (SSSR count). The molecule has 0 saturated carbocycles. The van der Waals surface area contributed by atoms with Gasteiger partial charge in [0.2, 0.25) is 0 Å². The molecular formula is C22H23ClN4O. The van der Waals surface area contributed by atoms with Gasteiger partial charge in [0.15, 0.2) is 0 Å². The van der Waals surface area contributed by atoms with Crippen molar-refractivity contribution in [3.8, 4) is 5.69 Å². The molecule has 0 spiro atoms. The molecule has 3 aromatic rings. The van der Waals surface area contributed by atoms with Crippen LogP contribution in [0.4, 0.5) is 5.82 Å². The third-order valence-electron chi connectivity index (χ3n) is 5.13. The van der Waals surface area contributed by atoms with Crippen LogP contribution in [0.15, 0.2) is 55.0 Å². The Morgan fingerprint density at radius 3 is 2.43 bits per heavy atom. The van der Waals surface area contributed by atoms with Crippen LogP contribution in [0.25, 0.3) is 5.69 Å². The fourth-order valence-electron chi connectivity index (χ4n) is 3.73. The minimum Gasteiger partial charge on any atom is -0.353 e. The van der Waals surface area contributed by atoms with E-state index in [2.05, 4.69) is 29.8 Å². The molecule has 0 N–H and O–H groups in total. The van der Waals surface area contributed by atoms with Gasteiger partial charge in [-0.3, -0.25) is 4.79 Å². The zero-order valence-electron chi connectivity index (χ0n) is 16.1. The molecule has 0 bridgehead atoms. The molecule has 3 heterocycles. The summed E-state index contributed by atoms with van der Waals surface area (Å²) < 4.78 is 1.93.